The fourth-order valence-electron chi connectivity index (χ4n) is 8.11. The quantitative estimate of drug-likeness (QED) is 0.164. The van der Waals surface area contributed by atoms with Crippen molar-refractivity contribution in [3.63, 3.8) is 0 Å². The third kappa shape index (κ3) is 5.83. The summed E-state index contributed by atoms with van der Waals surface area (Å²) in [6.45, 7) is 0. The fraction of sp³-hybridized carbons (Fsp3) is 0. The number of para-hydroxylation sites is 1. The second kappa shape index (κ2) is 13.6. The smallest absolute Gasteiger partial charge is 0.227 e. The van der Waals surface area contributed by atoms with Crippen molar-refractivity contribution >= 4 is 60.9 Å². The van der Waals surface area contributed by atoms with Crippen LogP contribution in [-0.2, 0) is 0 Å². The van der Waals surface area contributed by atoms with Gasteiger partial charge in [0.15, 0.2) is 5.58 Å². The molecule has 0 spiro atoms. The summed E-state index contributed by atoms with van der Waals surface area (Å²) in [6, 6.07) is 72.4. The Bertz CT molecular complexity index is 3220. The van der Waals surface area contributed by atoms with Crippen LogP contribution in [0.15, 0.2) is 215 Å². The molecule has 0 saturated carbocycles. The van der Waals surface area contributed by atoms with Gasteiger partial charge in [-0.3, -0.25) is 0 Å². The molecule has 0 radical (unpaired) electrons. The van der Waals surface area contributed by atoms with Crippen LogP contribution in [0.1, 0.15) is 0 Å². The second-order valence-corrected chi connectivity index (χ2v) is 14.4. The van der Waals surface area contributed by atoms with Crippen LogP contribution in [0.5, 0.6) is 0 Å². The molecule has 0 aliphatic rings. The number of oxazole rings is 1. The number of aromatic nitrogens is 1. The van der Waals surface area contributed by atoms with Crippen LogP contribution < -0.4 is 4.90 Å². The predicted molar refractivity (Wildman–Crippen MR) is 235 cm³/mol. The summed E-state index contributed by atoms with van der Waals surface area (Å²) in [7, 11) is 0. The number of hydrogen-bond acceptors (Lipinski definition) is 4. The molecule has 11 aromatic rings. The van der Waals surface area contributed by atoms with Crippen LogP contribution in [-0.4, -0.2) is 4.98 Å². The Morgan fingerprint density at radius 2 is 0.947 bits per heavy atom. The number of fused-ring (bicyclic) bond motifs is 5. The van der Waals surface area contributed by atoms with Gasteiger partial charge in [0.2, 0.25) is 5.89 Å². The highest BCUT2D eigenvalue weighted by atomic mass is 16.4. The van der Waals surface area contributed by atoms with E-state index in [1.165, 1.54) is 27.5 Å². The van der Waals surface area contributed by atoms with E-state index in [2.05, 4.69) is 163 Å². The lowest BCUT2D eigenvalue weighted by molar-refractivity contribution is 0.617. The van der Waals surface area contributed by atoms with Crippen LogP contribution >= 0.6 is 0 Å². The molecular formula is C53H34N2O2. The van der Waals surface area contributed by atoms with Crippen LogP contribution in [0.25, 0.3) is 88.6 Å². The molecule has 0 bridgehead atoms. The van der Waals surface area contributed by atoms with Crippen molar-refractivity contribution in [2.45, 2.75) is 0 Å². The molecule has 268 valence electrons. The summed E-state index contributed by atoms with van der Waals surface area (Å²) in [5.74, 6) is 0.581. The number of benzene rings is 9. The molecule has 0 amide bonds. The van der Waals surface area contributed by atoms with E-state index in [0.717, 1.165) is 66.8 Å². The predicted octanol–water partition coefficient (Wildman–Crippen LogP) is 15.0. The van der Waals surface area contributed by atoms with Crippen LogP contribution in [0.2, 0.25) is 0 Å². The van der Waals surface area contributed by atoms with Crippen molar-refractivity contribution in [2.24, 2.45) is 0 Å². The molecular weight excluding hydrogens is 697 g/mol. The summed E-state index contributed by atoms with van der Waals surface area (Å²) in [5.41, 5.74) is 13.9. The Morgan fingerprint density at radius 3 is 1.72 bits per heavy atom. The molecule has 4 nitrogen and oxygen atoms in total. The maximum Gasteiger partial charge on any atom is 0.227 e. The normalized spacial score (nSPS) is 11.5. The lowest BCUT2D eigenvalue weighted by atomic mass is 9.97. The molecule has 9 aromatic carbocycles. The third-order valence-electron chi connectivity index (χ3n) is 10.9. The molecule has 0 unspecified atom stereocenters. The molecule has 4 heteroatoms. The molecule has 0 saturated heterocycles. The average molecular weight is 731 g/mol. The largest absolute Gasteiger partial charge is 0.456 e. The van der Waals surface area contributed by atoms with E-state index in [4.69, 9.17) is 13.8 Å². The number of nitrogens with zero attached hydrogens (tertiary/aromatic N) is 2. The summed E-state index contributed by atoms with van der Waals surface area (Å²) >= 11 is 0. The molecule has 57 heavy (non-hydrogen) atoms. The Balaban J connectivity index is 1.05. The number of furan rings is 1. The van der Waals surface area contributed by atoms with E-state index in [0.29, 0.717) is 11.5 Å². The van der Waals surface area contributed by atoms with Crippen LogP contribution in [0.4, 0.5) is 17.1 Å². The first-order valence-corrected chi connectivity index (χ1v) is 19.2. The number of rotatable bonds is 7. The molecule has 11 rings (SSSR count). The summed E-state index contributed by atoms with van der Waals surface area (Å²) < 4.78 is 12.9. The molecule has 2 aromatic heterocycles. The van der Waals surface area contributed by atoms with Gasteiger partial charge in [0.1, 0.15) is 16.7 Å². The van der Waals surface area contributed by atoms with E-state index in [-0.39, 0.29) is 0 Å². The fourth-order valence-corrected chi connectivity index (χ4v) is 8.11. The molecule has 0 aliphatic heterocycles. The summed E-state index contributed by atoms with van der Waals surface area (Å²) in [5, 5.41) is 4.54. The topological polar surface area (TPSA) is 42.4 Å². The highest BCUT2D eigenvalue weighted by Gasteiger charge is 2.22. The first-order valence-electron chi connectivity index (χ1n) is 19.2. The minimum absolute atomic E-state index is 0.581. The minimum atomic E-state index is 0.581. The molecule has 0 fully saturated rings. The van der Waals surface area contributed by atoms with Gasteiger partial charge in [-0.1, -0.05) is 140 Å². The highest BCUT2D eigenvalue weighted by molar-refractivity contribution is 6.19. The number of hydrogen-bond donors (Lipinski definition) is 0. The Morgan fingerprint density at radius 1 is 0.351 bits per heavy atom. The lowest BCUT2D eigenvalue weighted by Gasteiger charge is -2.26. The van der Waals surface area contributed by atoms with Gasteiger partial charge in [0.25, 0.3) is 0 Å². The van der Waals surface area contributed by atoms with Crippen LogP contribution in [0.3, 0.4) is 0 Å². The highest BCUT2D eigenvalue weighted by Crippen LogP contribution is 2.44. The van der Waals surface area contributed by atoms with Gasteiger partial charge in [-0.15, -0.1) is 0 Å². The van der Waals surface area contributed by atoms with E-state index in [1.807, 2.05) is 48.5 Å². The van der Waals surface area contributed by atoms with Crippen molar-refractivity contribution in [1.82, 2.24) is 4.98 Å². The van der Waals surface area contributed by atoms with Gasteiger partial charge >= 0.3 is 0 Å². The first kappa shape index (κ1) is 32.7. The molecule has 0 aliphatic carbocycles. The van der Waals surface area contributed by atoms with Gasteiger partial charge < -0.3 is 13.7 Å². The lowest BCUT2D eigenvalue weighted by Crippen LogP contribution is -2.10. The summed E-state index contributed by atoms with van der Waals surface area (Å²) in [4.78, 5) is 7.44. The number of anilines is 3. The first-order chi connectivity index (χ1) is 28.2. The monoisotopic (exact) mass is 730 g/mol. The standard InChI is InChI=1S/C53H34N2O2/c1-3-12-35(13-4-1)41-18-11-19-45(33-41)55(43-28-24-37(25-29-43)42-23-22-36-14-7-8-17-40(36)32-42)44-30-26-38(27-31-44)50-51-46-20-9-10-21-47(46)56-48(51)34-49-52(50)54-53(57-49)39-15-5-2-6-16-39/h1-34H. The third-order valence-corrected chi connectivity index (χ3v) is 10.9. The van der Waals surface area contributed by atoms with Crippen molar-refractivity contribution < 1.29 is 8.83 Å². The average Bonchev–Trinajstić information content (AvgIpc) is 3.88. The van der Waals surface area contributed by atoms with E-state index < -0.39 is 0 Å². The van der Waals surface area contributed by atoms with Gasteiger partial charge in [-0.25, -0.2) is 4.98 Å². The van der Waals surface area contributed by atoms with Crippen molar-refractivity contribution in [2.75, 3.05) is 4.90 Å². The SMILES string of the molecule is c1ccc(-c2cccc(N(c3ccc(-c4ccc5ccccc5c4)cc3)c3ccc(-c4c5nc(-c6ccccc6)oc5cc5oc6ccccc6c45)cc3)c2)cc1. The minimum Gasteiger partial charge on any atom is -0.456 e. The molecule has 2 heterocycles. The van der Waals surface area contributed by atoms with E-state index in [1.54, 1.807) is 0 Å². The maximum atomic E-state index is 6.43. The van der Waals surface area contributed by atoms with E-state index >= 15 is 0 Å². The zero-order valence-corrected chi connectivity index (χ0v) is 30.8. The zero-order valence-electron chi connectivity index (χ0n) is 30.8. The molecule has 0 N–H and O–H groups in total. The Labute approximate surface area is 329 Å². The van der Waals surface area contributed by atoms with Gasteiger partial charge in [0, 0.05) is 45.0 Å². The van der Waals surface area contributed by atoms with Crippen molar-refractivity contribution in [1.29, 1.82) is 0 Å². The van der Waals surface area contributed by atoms with E-state index in [9.17, 15) is 0 Å². The van der Waals surface area contributed by atoms with Crippen molar-refractivity contribution in [3.05, 3.63) is 206 Å². The van der Waals surface area contributed by atoms with Gasteiger partial charge in [-0.05, 0) is 99.3 Å². The second-order valence-electron chi connectivity index (χ2n) is 14.4. The Hall–Kier alpha value is -7.69. The Kier molecular flexibility index (Phi) is 7.78. The van der Waals surface area contributed by atoms with Gasteiger partial charge in [0.05, 0.1) is 0 Å². The zero-order chi connectivity index (χ0) is 37.7. The summed E-state index contributed by atoms with van der Waals surface area (Å²) in [6.07, 6.45) is 0. The molecule has 0 atom stereocenters. The van der Waals surface area contributed by atoms with Crippen molar-refractivity contribution in [3.8, 4) is 44.8 Å². The van der Waals surface area contributed by atoms with Crippen LogP contribution in [0, 0.1) is 0 Å². The van der Waals surface area contributed by atoms with Gasteiger partial charge in [-0.2, -0.15) is 0 Å². The maximum absolute atomic E-state index is 6.43.